The van der Waals surface area contributed by atoms with Gasteiger partial charge in [-0.15, -0.1) is 0 Å². The van der Waals surface area contributed by atoms with Crippen LogP contribution in [0.25, 0.3) is 0 Å². The highest BCUT2D eigenvalue weighted by molar-refractivity contribution is 5.73. The summed E-state index contributed by atoms with van der Waals surface area (Å²) in [5, 5.41) is 163. The number of hydrogen-bond donors (Lipinski definition) is 17. The van der Waals surface area contributed by atoms with Gasteiger partial charge in [0.2, 0.25) is 11.8 Å². The number of amides is 2. The second kappa shape index (κ2) is 22.0. The highest BCUT2D eigenvalue weighted by Crippen LogP contribution is 2.36. The van der Waals surface area contributed by atoms with Gasteiger partial charge in [-0.25, -0.2) is 0 Å². The van der Waals surface area contributed by atoms with E-state index in [4.69, 9.17) is 42.6 Å². The van der Waals surface area contributed by atoms with Crippen molar-refractivity contribution in [2.75, 3.05) is 33.0 Å². The number of aliphatic hydroxyl groups is 15. The molecule has 360 valence electrons. The van der Waals surface area contributed by atoms with E-state index in [1.165, 1.54) is 0 Å². The van der Waals surface area contributed by atoms with E-state index < -0.39 is 198 Å². The molecule has 0 aromatic heterocycles. The van der Waals surface area contributed by atoms with Gasteiger partial charge in [0.25, 0.3) is 0 Å². The van der Waals surface area contributed by atoms with Crippen molar-refractivity contribution in [2.45, 2.75) is 167 Å². The molecule has 0 aromatic carbocycles. The molecule has 25 atom stereocenters. The Balaban J connectivity index is 1.38. The van der Waals surface area contributed by atoms with Crippen molar-refractivity contribution in [3.05, 3.63) is 0 Å². The zero-order valence-electron chi connectivity index (χ0n) is 33.2. The molecule has 0 spiro atoms. The molecule has 62 heavy (non-hydrogen) atoms. The minimum atomic E-state index is -2.16. The molecule has 5 heterocycles. The van der Waals surface area contributed by atoms with Crippen molar-refractivity contribution >= 4 is 11.8 Å². The van der Waals surface area contributed by atoms with Crippen molar-refractivity contribution in [3.8, 4) is 0 Å². The highest BCUT2D eigenvalue weighted by Gasteiger charge is 2.57. The number of ether oxygens (including phenoxy) is 9. The first-order chi connectivity index (χ1) is 29.3. The quantitative estimate of drug-likeness (QED) is 0.0725. The van der Waals surface area contributed by atoms with Gasteiger partial charge in [-0.2, -0.15) is 0 Å². The maximum Gasteiger partial charge on any atom is 0.217 e. The van der Waals surface area contributed by atoms with Crippen LogP contribution in [0.5, 0.6) is 0 Å². The van der Waals surface area contributed by atoms with Gasteiger partial charge in [0.15, 0.2) is 31.5 Å². The Hall–Kier alpha value is -2.02. The standard InChI is InChI=1S/C34H58N2O26/c1-8(42)35-15-20(47)17(44)10(3-37)55-31(15)61-28-16(36-9(2)43)32(56-11(4-38)18(28)45)62-29-19(46)12(5-39)57-34(25(29)52)60-27-14(7-41)58-33(24(51)22(27)49)59-26-13(6-40)54-30(53)23(50)21(26)48/h10-34,37-41,44-53H,3-7H2,1-2H3,(H,35,42)(H,36,43)/t10-,11-,12-,13-,14-,15-,16-,17-,18-,19-,20+,21+,22+,23-,24-,25+,26+,27-,28+,29-,30+,31+,32-,33-,34+/m0/s1. The van der Waals surface area contributed by atoms with Crippen molar-refractivity contribution in [2.24, 2.45) is 0 Å². The normalized spacial score (nSPS) is 49.0. The molecule has 28 nitrogen and oxygen atoms in total. The summed E-state index contributed by atoms with van der Waals surface area (Å²) in [6.45, 7) is -2.53. The minimum Gasteiger partial charge on any atom is -0.394 e. The van der Waals surface area contributed by atoms with Gasteiger partial charge in [-0.1, -0.05) is 0 Å². The van der Waals surface area contributed by atoms with E-state index in [0.717, 1.165) is 13.8 Å². The number of hydrogen-bond acceptors (Lipinski definition) is 26. The summed E-state index contributed by atoms with van der Waals surface area (Å²) in [6, 6.07) is -3.23. The van der Waals surface area contributed by atoms with Crippen LogP contribution in [0.15, 0.2) is 0 Å². The van der Waals surface area contributed by atoms with Crippen LogP contribution >= 0.6 is 0 Å². The molecule has 0 bridgehead atoms. The fourth-order valence-electron chi connectivity index (χ4n) is 7.83. The van der Waals surface area contributed by atoms with Gasteiger partial charge in [0.05, 0.1) is 33.0 Å². The van der Waals surface area contributed by atoms with E-state index in [9.17, 15) is 86.2 Å². The molecule has 2 amide bonds. The molecule has 0 saturated carbocycles. The van der Waals surface area contributed by atoms with Crippen LogP contribution in [0.3, 0.4) is 0 Å². The Morgan fingerprint density at radius 1 is 0.387 bits per heavy atom. The van der Waals surface area contributed by atoms with Crippen molar-refractivity contribution in [3.63, 3.8) is 0 Å². The first-order valence-corrected chi connectivity index (χ1v) is 19.6. The third-order valence-corrected chi connectivity index (χ3v) is 11.1. The van der Waals surface area contributed by atoms with E-state index >= 15 is 0 Å². The summed E-state index contributed by atoms with van der Waals surface area (Å²) >= 11 is 0. The van der Waals surface area contributed by atoms with Crippen molar-refractivity contribution in [1.29, 1.82) is 0 Å². The third-order valence-electron chi connectivity index (χ3n) is 11.1. The Kier molecular flexibility index (Phi) is 18.1. The lowest BCUT2D eigenvalue weighted by Gasteiger charge is -2.50. The van der Waals surface area contributed by atoms with Gasteiger partial charge in [0, 0.05) is 13.8 Å². The topological polar surface area (TPSA) is 445 Å². The number of rotatable bonds is 15. The molecule has 5 rings (SSSR count). The molecule has 0 aliphatic carbocycles. The van der Waals surface area contributed by atoms with Crippen LogP contribution in [-0.2, 0) is 52.2 Å². The largest absolute Gasteiger partial charge is 0.394 e. The Morgan fingerprint density at radius 2 is 0.758 bits per heavy atom. The van der Waals surface area contributed by atoms with Crippen LogP contribution in [0, 0.1) is 0 Å². The SMILES string of the molecule is CC(=O)N[C@@H]1[C@@H](O[C@H]2[C@@H](O)[C@H](CO)O[C@@H](O[C@H]3[C@@H](O)[C@H](CO)O[C@H](O[C@@H]4[C@H](O)[C@H](O)[C@H](O[C@H]5[C@H](O)[C@H](O)[C@H](O)O[C@H]5CO)O[C@H]4CO)[C@@H]3O)[C@H]2NC(C)=O)O[C@@H](CO)[C@H](O)[C@@H]1O. The lowest BCUT2D eigenvalue weighted by atomic mass is 9.93. The molecule has 5 fully saturated rings. The monoisotopic (exact) mass is 910 g/mol. The van der Waals surface area contributed by atoms with Crippen LogP contribution in [-0.4, -0.2) is 275 Å². The summed E-state index contributed by atoms with van der Waals surface area (Å²) in [6.07, 6.45) is -42.3. The molecular formula is C34H58N2O26. The number of nitrogens with one attached hydrogen (secondary N) is 2. The van der Waals surface area contributed by atoms with Crippen LogP contribution in [0.4, 0.5) is 0 Å². The maximum atomic E-state index is 12.6. The predicted octanol–water partition coefficient (Wildman–Crippen LogP) is -11.6. The first kappa shape index (κ1) is 51.0. The minimum absolute atomic E-state index is 0.730. The Labute approximate surface area is 351 Å². The van der Waals surface area contributed by atoms with E-state index in [1.807, 2.05) is 0 Å². The van der Waals surface area contributed by atoms with Gasteiger partial charge in [-0.3, -0.25) is 9.59 Å². The second-order valence-electron chi connectivity index (χ2n) is 15.4. The molecule has 5 aliphatic heterocycles. The lowest BCUT2D eigenvalue weighted by Crippen LogP contribution is -2.71. The number of carbonyl (C=O) groups is 2. The zero-order chi connectivity index (χ0) is 45.9. The number of carbonyl (C=O) groups excluding carboxylic acids is 2. The molecule has 0 aromatic rings. The van der Waals surface area contributed by atoms with Gasteiger partial charge in [0.1, 0.15) is 122 Å². The average molecular weight is 911 g/mol. The molecule has 5 aliphatic rings. The summed E-state index contributed by atoms with van der Waals surface area (Å²) in [7, 11) is 0. The summed E-state index contributed by atoms with van der Waals surface area (Å²) in [5.74, 6) is -1.54. The smallest absolute Gasteiger partial charge is 0.217 e. The van der Waals surface area contributed by atoms with E-state index in [2.05, 4.69) is 10.6 Å². The van der Waals surface area contributed by atoms with Crippen molar-refractivity contribution < 1.29 is 129 Å². The summed E-state index contributed by atoms with van der Waals surface area (Å²) in [4.78, 5) is 24.6. The third kappa shape index (κ3) is 10.8. The average Bonchev–Trinajstić information content (AvgIpc) is 3.23. The fourth-order valence-corrected chi connectivity index (χ4v) is 7.83. The van der Waals surface area contributed by atoms with Crippen LogP contribution in [0.2, 0.25) is 0 Å². The molecular weight excluding hydrogens is 852 g/mol. The van der Waals surface area contributed by atoms with Gasteiger partial charge >= 0.3 is 0 Å². The fraction of sp³-hybridized carbons (Fsp3) is 0.941. The second-order valence-corrected chi connectivity index (χ2v) is 15.4. The molecule has 5 saturated heterocycles. The van der Waals surface area contributed by atoms with Gasteiger partial charge < -0.3 is 130 Å². The molecule has 28 heteroatoms. The predicted molar refractivity (Wildman–Crippen MR) is 190 cm³/mol. The highest BCUT2D eigenvalue weighted by atomic mass is 16.8. The van der Waals surface area contributed by atoms with E-state index in [0.29, 0.717) is 0 Å². The van der Waals surface area contributed by atoms with Crippen molar-refractivity contribution in [1.82, 2.24) is 10.6 Å². The maximum absolute atomic E-state index is 12.6. The molecule has 17 N–H and O–H groups in total. The molecule has 0 radical (unpaired) electrons. The molecule has 0 unspecified atom stereocenters. The Morgan fingerprint density at radius 3 is 1.27 bits per heavy atom. The lowest BCUT2D eigenvalue weighted by molar-refractivity contribution is -0.387. The summed E-state index contributed by atoms with van der Waals surface area (Å²) in [5.41, 5.74) is 0. The Bertz CT molecular complexity index is 1440. The first-order valence-electron chi connectivity index (χ1n) is 19.6. The van der Waals surface area contributed by atoms with E-state index in [-0.39, 0.29) is 0 Å². The van der Waals surface area contributed by atoms with Gasteiger partial charge in [-0.05, 0) is 0 Å². The van der Waals surface area contributed by atoms with Crippen LogP contribution in [0.1, 0.15) is 13.8 Å². The summed E-state index contributed by atoms with van der Waals surface area (Å²) < 4.78 is 50.8. The number of aliphatic hydroxyl groups excluding tert-OH is 15. The van der Waals surface area contributed by atoms with Crippen LogP contribution < -0.4 is 10.6 Å². The zero-order valence-corrected chi connectivity index (χ0v) is 33.2. The van der Waals surface area contributed by atoms with E-state index in [1.54, 1.807) is 0 Å².